The molecule has 0 saturated heterocycles. The molecule has 0 unspecified atom stereocenters. The lowest BCUT2D eigenvalue weighted by molar-refractivity contribution is 0.526. The van der Waals surface area contributed by atoms with Gasteiger partial charge in [0.25, 0.3) is 0 Å². The first-order chi connectivity index (χ1) is 7.86. The summed E-state index contributed by atoms with van der Waals surface area (Å²) in [6.45, 7) is 2.05. The number of imidazole rings is 1. The molecule has 1 N–H and O–H groups in total. The second-order valence-corrected chi connectivity index (χ2v) is 3.46. The highest BCUT2D eigenvalue weighted by atomic mass is 16.3. The molecular formula is C11H10N4O. The standard InChI is InChI=1S/C11H10N4O/c1-2-7-3-4-9(16-7)11-14-8-5-12-6-13-10(8)15-11/h3-6H,2H2,1H3,(H,12,13,14,15). The number of fused-ring (bicyclic) bond motifs is 1. The smallest absolute Gasteiger partial charge is 0.181 e. The van der Waals surface area contributed by atoms with Crippen LogP contribution in [0.1, 0.15) is 12.7 Å². The van der Waals surface area contributed by atoms with Crippen LogP contribution in [-0.2, 0) is 6.42 Å². The maximum atomic E-state index is 5.61. The predicted octanol–water partition coefficient (Wildman–Crippen LogP) is 2.18. The number of furan rings is 1. The maximum Gasteiger partial charge on any atom is 0.181 e. The van der Waals surface area contributed by atoms with Gasteiger partial charge < -0.3 is 9.40 Å². The molecule has 3 aromatic rings. The van der Waals surface area contributed by atoms with E-state index in [0.29, 0.717) is 11.5 Å². The van der Waals surface area contributed by atoms with Gasteiger partial charge in [-0.25, -0.2) is 15.0 Å². The molecule has 0 radical (unpaired) electrons. The lowest BCUT2D eigenvalue weighted by Crippen LogP contribution is -1.77. The van der Waals surface area contributed by atoms with Crippen molar-refractivity contribution in [3.63, 3.8) is 0 Å². The molecule has 5 nitrogen and oxygen atoms in total. The van der Waals surface area contributed by atoms with E-state index in [1.165, 1.54) is 6.33 Å². The Morgan fingerprint density at radius 1 is 1.38 bits per heavy atom. The Morgan fingerprint density at radius 3 is 3.06 bits per heavy atom. The molecule has 0 fully saturated rings. The van der Waals surface area contributed by atoms with Crippen LogP contribution in [0, 0.1) is 0 Å². The summed E-state index contributed by atoms with van der Waals surface area (Å²) < 4.78 is 5.61. The molecular weight excluding hydrogens is 204 g/mol. The molecule has 3 rings (SSSR count). The van der Waals surface area contributed by atoms with E-state index >= 15 is 0 Å². The van der Waals surface area contributed by atoms with Gasteiger partial charge >= 0.3 is 0 Å². The molecule has 0 bridgehead atoms. The van der Waals surface area contributed by atoms with Crippen molar-refractivity contribution in [1.29, 1.82) is 0 Å². The fourth-order valence-corrected chi connectivity index (χ4v) is 1.57. The maximum absolute atomic E-state index is 5.61. The second-order valence-electron chi connectivity index (χ2n) is 3.46. The highest BCUT2D eigenvalue weighted by molar-refractivity contribution is 5.73. The molecule has 0 atom stereocenters. The van der Waals surface area contributed by atoms with Gasteiger partial charge in [-0.2, -0.15) is 0 Å². The molecule has 5 heteroatoms. The van der Waals surface area contributed by atoms with Crippen LogP contribution < -0.4 is 0 Å². The third-order valence-corrected chi connectivity index (χ3v) is 2.41. The summed E-state index contributed by atoms with van der Waals surface area (Å²) >= 11 is 0. The van der Waals surface area contributed by atoms with Crippen LogP contribution >= 0.6 is 0 Å². The normalized spacial score (nSPS) is 11.1. The Hall–Kier alpha value is -2.17. The van der Waals surface area contributed by atoms with E-state index in [2.05, 4.69) is 19.9 Å². The van der Waals surface area contributed by atoms with Gasteiger partial charge in [-0.05, 0) is 12.1 Å². The van der Waals surface area contributed by atoms with E-state index in [0.717, 1.165) is 23.5 Å². The minimum Gasteiger partial charge on any atom is -0.458 e. The monoisotopic (exact) mass is 214 g/mol. The second kappa shape index (κ2) is 3.44. The van der Waals surface area contributed by atoms with Gasteiger partial charge in [0.05, 0.1) is 6.20 Å². The lowest BCUT2D eigenvalue weighted by Gasteiger charge is -1.89. The molecule has 3 aromatic heterocycles. The van der Waals surface area contributed by atoms with Crippen molar-refractivity contribution >= 4 is 11.2 Å². The molecule has 3 heterocycles. The van der Waals surface area contributed by atoms with Crippen LogP contribution in [0.15, 0.2) is 29.1 Å². The SMILES string of the molecule is CCc1ccc(-c2nc3ncncc3[nH]2)o1. The summed E-state index contributed by atoms with van der Waals surface area (Å²) in [5, 5.41) is 0. The third kappa shape index (κ3) is 1.37. The number of hydrogen-bond acceptors (Lipinski definition) is 4. The van der Waals surface area contributed by atoms with Crippen molar-refractivity contribution in [2.75, 3.05) is 0 Å². The molecule has 0 aromatic carbocycles. The first-order valence-corrected chi connectivity index (χ1v) is 5.11. The van der Waals surface area contributed by atoms with E-state index in [-0.39, 0.29) is 0 Å². The predicted molar refractivity (Wildman–Crippen MR) is 58.8 cm³/mol. The van der Waals surface area contributed by atoms with Crippen molar-refractivity contribution in [3.05, 3.63) is 30.4 Å². The van der Waals surface area contributed by atoms with E-state index in [1.54, 1.807) is 6.20 Å². The van der Waals surface area contributed by atoms with Crippen molar-refractivity contribution < 1.29 is 4.42 Å². The van der Waals surface area contributed by atoms with Gasteiger partial charge in [-0.1, -0.05) is 6.92 Å². The highest BCUT2D eigenvalue weighted by Crippen LogP contribution is 2.21. The van der Waals surface area contributed by atoms with Crippen LogP contribution in [0.2, 0.25) is 0 Å². The summed E-state index contributed by atoms with van der Waals surface area (Å²) in [7, 11) is 0. The average molecular weight is 214 g/mol. The Kier molecular flexibility index (Phi) is 1.96. The molecule has 16 heavy (non-hydrogen) atoms. The summed E-state index contributed by atoms with van der Waals surface area (Å²) in [5.41, 5.74) is 1.46. The molecule has 0 aliphatic rings. The number of H-pyrrole nitrogens is 1. The topological polar surface area (TPSA) is 67.6 Å². The van der Waals surface area contributed by atoms with Crippen LogP contribution in [0.5, 0.6) is 0 Å². The molecule has 0 saturated carbocycles. The van der Waals surface area contributed by atoms with Crippen molar-refractivity contribution in [2.45, 2.75) is 13.3 Å². The Balaban J connectivity index is 2.11. The zero-order chi connectivity index (χ0) is 11.0. The van der Waals surface area contributed by atoms with E-state index < -0.39 is 0 Å². The van der Waals surface area contributed by atoms with Gasteiger partial charge in [0.2, 0.25) is 0 Å². The third-order valence-electron chi connectivity index (χ3n) is 2.41. The fourth-order valence-electron chi connectivity index (χ4n) is 1.57. The Bertz CT molecular complexity index is 592. The van der Waals surface area contributed by atoms with Gasteiger partial charge in [-0.15, -0.1) is 0 Å². The van der Waals surface area contributed by atoms with Crippen molar-refractivity contribution in [2.24, 2.45) is 0 Å². The van der Waals surface area contributed by atoms with E-state index in [9.17, 15) is 0 Å². The van der Waals surface area contributed by atoms with Crippen LogP contribution in [0.25, 0.3) is 22.7 Å². The molecule has 0 aliphatic heterocycles. The highest BCUT2D eigenvalue weighted by Gasteiger charge is 2.09. The molecule has 0 aliphatic carbocycles. The van der Waals surface area contributed by atoms with Crippen LogP contribution in [0.4, 0.5) is 0 Å². The number of aromatic nitrogens is 4. The van der Waals surface area contributed by atoms with Gasteiger partial charge in [0.1, 0.15) is 17.6 Å². The zero-order valence-electron chi connectivity index (χ0n) is 8.77. The molecule has 80 valence electrons. The Labute approximate surface area is 91.6 Å². The number of aryl methyl sites for hydroxylation is 1. The number of nitrogens with one attached hydrogen (secondary N) is 1. The summed E-state index contributed by atoms with van der Waals surface area (Å²) in [4.78, 5) is 15.4. The van der Waals surface area contributed by atoms with Crippen LogP contribution in [-0.4, -0.2) is 19.9 Å². The van der Waals surface area contributed by atoms with Gasteiger partial charge in [0, 0.05) is 6.42 Å². The first kappa shape index (κ1) is 9.08. The van der Waals surface area contributed by atoms with Crippen molar-refractivity contribution in [1.82, 2.24) is 19.9 Å². The van der Waals surface area contributed by atoms with Crippen molar-refractivity contribution in [3.8, 4) is 11.6 Å². The zero-order valence-corrected chi connectivity index (χ0v) is 8.77. The summed E-state index contributed by atoms with van der Waals surface area (Å²) in [6.07, 6.45) is 4.05. The lowest BCUT2D eigenvalue weighted by atomic mass is 10.3. The molecule has 0 spiro atoms. The number of rotatable bonds is 2. The number of hydrogen-bond donors (Lipinski definition) is 1. The quantitative estimate of drug-likeness (QED) is 0.709. The van der Waals surface area contributed by atoms with Gasteiger partial charge in [0.15, 0.2) is 17.2 Å². The minimum atomic E-state index is 0.652. The number of nitrogens with zero attached hydrogens (tertiary/aromatic N) is 3. The fraction of sp³-hybridized carbons (Fsp3) is 0.182. The Morgan fingerprint density at radius 2 is 2.31 bits per heavy atom. The first-order valence-electron chi connectivity index (χ1n) is 5.11. The summed E-state index contributed by atoms with van der Waals surface area (Å²) in [6, 6.07) is 3.86. The summed E-state index contributed by atoms with van der Waals surface area (Å²) in [5.74, 6) is 2.37. The van der Waals surface area contributed by atoms with Crippen LogP contribution in [0.3, 0.4) is 0 Å². The number of aromatic amines is 1. The van der Waals surface area contributed by atoms with E-state index in [4.69, 9.17) is 4.42 Å². The molecule has 0 amide bonds. The van der Waals surface area contributed by atoms with Gasteiger partial charge in [-0.3, -0.25) is 0 Å². The minimum absolute atomic E-state index is 0.652. The van der Waals surface area contributed by atoms with E-state index in [1.807, 2.05) is 19.1 Å². The largest absolute Gasteiger partial charge is 0.458 e. The average Bonchev–Trinajstić information content (AvgIpc) is 2.95.